The third-order valence-electron chi connectivity index (χ3n) is 0. The molecule has 0 unspecified atom stereocenters. The van der Waals surface area contributed by atoms with Gasteiger partial charge in [0.2, 0.25) is 0 Å². The molecule has 6 heavy (non-hydrogen) atoms. The van der Waals surface area contributed by atoms with Crippen molar-refractivity contribution in [3.63, 3.8) is 0 Å². The van der Waals surface area contributed by atoms with Gasteiger partial charge >= 0.3 is 0 Å². The minimum atomic E-state index is 0. The average Bonchev–Trinajstić information content (AvgIpc) is 1.00. The number of hydrogen-bond donors (Lipinski definition) is 0. The zero-order valence-electron chi connectivity index (χ0n) is 4.25. The summed E-state index contributed by atoms with van der Waals surface area (Å²) in [6.07, 6.45) is 0. The topological polar surface area (TPSA) is 23.8 Å². The molecule has 0 aromatic heterocycles. The Morgan fingerprint density at radius 3 is 1.00 bits per heavy atom. The molecule has 2 radical (unpaired) electrons. The molecule has 0 spiro atoms. The van der Waals surface area contributed by atoms with E-state index in [1.807, 2.05) is 0 Å². The van der Waals surface area contributed by atoms with Crippen LogP contribution in [-0.4, -0.2) is 18.9 Å². The van der Waals surface area contributed by atoms with Crippen molar-refractivity contribution in [1.29, 1.82) is 5.26 Å². The van der Waals surface area contributed by atoms with Gasteiger partial charge < -0.3 is 26.7 Å². The fraction of sp³-hybridized carbons (Fsp3) is 0. The summed E-state index contributed by atoms with van der Waals surface area (Å²) in [5, 5.41) is 6.25. The normalized spacial score (nSPS) is 0.333. The van der Waals surface area contributed by atoms with Crippen LogP contribution in [-0.2, 0) is 17.1 Å². The maximum atomic E-state index is 6.25. The van der Waals surface area contributed by atoms with Gasteiger partial charge in [0.05, 0.1) is 0 Å². The summed E-state index contributed by atoms with van der Waals surface area (Å²) < 4.78 is 0. The van der Waals surface area contributed by atoms with Crippen LogP contribution in [0.15, 0.2) is 0 Å². The van der Waals surface area contributed by atoms with Crippen molar-refractivity contribution in [3.05, 3.63) is 21.4 Å². The molecule has 0 aromatic carbocycles. The smallest absolute Gasteiger partial charge is 0 e. The van der Waals surface area contributed by atoms with Crippen LogP contribution in [0.4, 0.5) is 0 Å². The van der Waals surface area contributed by atoms with Gasteiger partial charge in [-0.2, -0.15) is 0 Å². The maximum Gasteiger partial charge on any atom is 0 e. The summed E-state index contributed by atoms with van der Waals surface area (Å²) in [7, 11) is 0. The Kier molecular flexibility index (Phi) is 4330. The van der Waals surface area contributed by atoms with Crippen LogP contribution in [0.25, 0.3) is 0 Å². The molecule has 3 heteroatoms. The first-order chi connectivity index (χ1) is 1.00. The molecule has 38 valence electrons. The SMILES string of the molecule is [C-]#N.[CH3-].[CH3-].[Cu].[Li]. The van der Waals surface area contributed by atoms with Gasteiger partial charge in [0.1, 0.15) is 0 Å². The molecule has 0 saturated heterocycles. The van der Waals surface area contributed by atoms with Gasteiger partial charge in [-0.3, -0.25) is 0 Å². The van der Waals surface area contributed by atoms with E-state index in [0.29, 0.717) is 0 Å². The Hall–Kier alpha value is 0.607. The Morgan fingerprint density at radius 1 is 1.00 bits per heavy atom. The van der Waals surface area contributed by atoms with Crippen LogP contribution in [0.1, 0.15) is 0 Å². The molecule has 0 saturated carbocycles. The van der Waals surface area contributed by atoms with Crippen molar-refractivity contribution in [3.8, 4) is 0 Å². The molecular formula is C3H6CuLiN-3. The quantitative estimate of drug-likeness (QED) is 0.345. The molecule has 0 bridgehead atoms. The van der Waals surface area contributed by atoms with Gasteiger partial charge in [-0.1, -0.05) is 0 Å². The minimum Gasteiger partial charge on any atom is -0.512 e. The molecule has 0 aliphatic rings. The summed E-state index contributed by atoms with van der Waals surface area (Å²) in [6.45, 7) is 4.75. The van der Waals surface area contributed by atoms with Crippen LogP contribution in [0, 0.1) is 26.7 Å². The van der Waals surface area contributed by atoms with Gasteiger partial charge in [0.15, 0.2) is 0 Å². The second-order valence-corrected chi connectivity index (χ2v) is 0. The molecule has 1 nitrogen and oxygen atoms in total. The first kappa shape index (κ1) is 80.4. The van der Waals surface area contributed by atoms with Crippen molar-refractivity contribution >= 4 is 18.9 Å². The van der Waals surface area contributed by atoms with Gasteiger partial charge in [0, 0.05) is 35.9 Å². The average molecular weight is 127 g/mol. The van der Waals surface area contributed by atoms with Gasteiger partial charge in [0.25, 0.3) is 0 Å². The number of hydrogen-bond acceptors (Lipinski definition) is 1. The molecule has 0 aliphatic heterocycles. The first-order valence-corrected chi connectivity index (χ1v) is 0.224. The zero-order chi connectivity index (χ0) is 2.00. The fourth-order valence-corrected chi connectivity index (χ4v) is 0. The fourth-order valence-electron chi connectivity index (χ4n) is 0. The molecule has 0 atom stereocenters. The molecule has 0 fully saturated rings. The molecule has 0 rings (SSSR count). The van der Waals surface area contributed by atoms with Crippen LogP contribution >= 0.6 is 0 Å². The van der Waals surface area contributed by atoms with E-state index >= 15 is 0 Å². The van der Waals surface area contributed by atoms with Gasteiger partial charge in [-0.05, 0) is 0 Å². The van der Waals surface area contributed by atoms with E-state index in [1.54, 1.807) is 0 Å². The molecule has 0 aliphatic carbocycles. The molecule has 0 aromatic rings. The summed E-state index contributed by atoms with van der Waals surface area (Å²) in [4.78, 5) is 0. The van der Waals surface area contributed by atoms with Crippen molar-refractivity contribution in [1.82, 2.24) is 0 Å². The predicted molar refractivity (Wildman–Crippen MR) is 23.5 cm³/mol. The maximum absolute atomic E-state index is 6.25. The van der Waals surface area contributed by atoms with E-state index in [4.69, 9.17) is 11.8 Å². The van der Waals surface area contributed by atoms with Crippen LogP contribution in [0.3, 0.4) is 0 Å². The predicted octanol–water partition coefficient (Wildman–Crippen LogP) is 0.614. The standard InChI is InChI=1S/CN.2CH3.Cu.Li/c1-2;;;;/h;2*1H3;;/q3*-1;;. The molecule has 0 heterocycles. The largest absolute Gasteiger partial charge is 0.512 e. The second-order valence-electron chi connectivity index (χ2n) is 0. The Bertz CT molecular complexity index is 15.5. The monoisotopic (exact) mass is 126 g/mol. The summed E-state index contributed by atoms with van der Waals surface area (Å²) in [5.74, 6) is 0. The summed E-state index contributed by atoms with van der Waals surface area (Å²) >= 11 is 0. The molecule has 0 N–H and O–H groups in total. The minimum absolute atomic E-state index is 0. The van der Waals surface area contributed by atoms with E-state index in [2.05, 4.69) is 0 Å². The van der Waals surface area contributed by atoms with Crippen molar-refractivity contribution in [2.75, 3.05) is 0 Å². The molecular weight excluding hydrogens is 121 g/mol. The van der Waals surface area contributed by atoms with Crippen molar-refractivity contribution in [2.24, 2.45) is 0 Å². The van der Waals surface area contributed by atoms with Gasteiger partial charge in [-0.25, -0.2) is 0 Å². The van der Waals surface area contributed by atoms with E-state index < -0.39 is 0 Å². The third-order valence-corrected chi connectivity index (χ3v) is 0. The third kappa shape index (κ3) is 163. The second kappa shape index (κ2) is 323. The van der Waals surface area contributed by atoms with Crippen LogP contribution < -0.4 is 0 Å². The Labute approximate surface area is 62.8 Å². The number of nitrogens with zero attached hydrogens (tertiary/aromatic N) is 1. The van der Waals surface area contributed by atoms with E-state index in [9.17, 15) is 0 Å². The summed E-state index contributed by atoms with van der Waals surface area (Å²) in [5.41, 5.74) is 0. The first-order valence-electron chi connectivity index (χ1n) is 0.224. The van der Waals surface area contributed by atoms with E-state index in [0.717, 1.165) is 0 Å². The van der Waals surface area contributed by atoms with Crippen LogP contribution in [0.2, 0.25) is 0 Å². The number of rotatable bonds is 0. The Morgan fingerprint density at radius 2 is 1.00 bits per heavy atom. The zero-order valence-corrected chi connectivity index (χ0v) is 5.19. The van der Waals surface area contributed by atoms with Crippen molar-refractivity contribution in [2.45, 2.75) is 0 Å². The van der Waals surface area contributed by atoms with Gasteiger partial charge in [-0.15, -0.1) is 0 Å². The summed E-state index contributed by atoms with van der Waals surface area (Å²) in [6, 6.07) is 0. The van der Waals surface area contributed by atoms with Crippen molar-refractivity contribution < 1.29 is 17.1 Å². The Balaban J connectivity index is -0.000000000833. The van der Waals surface area contributed by atoms with E-state index in [1.165, 1.54) is 0 Å². The van der Waals surface area contributed by atoms with E-state index in [-0.39, 0.29) is 50.8 Å². The van der Waals surface area contributed by atoms with Crippen LogP contribution in [0.5, 0.6) is 0 Å². The molecule has 0 amide bonds.